The average molecular weight is 622 g/mol. The molecule has 2 aromatic carbocycles. The Labute approximate surface area is 239 Å². The van der Waals surface area contributed by atoms with Crippen molar-refractivity contribution in [1.29, 1.82) is 0 Å². The number of halogens is 6. The van der Waals surface area contributed by atoms with Gasteiger partial charge in [-0.2, -0.15) is 21.6 Å². The maximum atomic E-state index is 13.3. The molecule has 0 aliphatic heterocycles. The van der Waals surface area contributed by atoms with E-state index in [9.17, 15) is 44.3 Å². The number of Topliss-reactive ketones (excluding diaryl/α,β-unsaturated/α-hetero) is 2. The summed E-state index contributed by atoms with van der Waals surface area (Å²) >= 11 is 0. The number of rotatable bonds is 5. The van der Waals surface area contributed by atoms with Crippen LogP contribution in [0.3, 0.4) is 0 Å². The van der Waals surface area contributed by atoms with Gasteiger partial charge in [-0.1, -0.05) is 0 Å². The third kappa shape index (κ3) is 6.94. The van der Waals surface area contributed by atoms with Gasteiger partial charge in [-0.25, -0.2) is 23.1 Å². The van der Waals surface area contributed by atoms with Gasteiger partial charge in [0.05, 0.1) is 17.2 Å². The molecular formula is C28H17F6N3O5S. The highest BCUT2D eigenvalue weighted by atomic mass is 32.2. The van der Waals surface area contributed by atoms with Crippen LogP contribution in [-0.2, 0) is 10.1 Å². The van der Waals surface area contributed by atoms with Gasteiger partial charge in [0.25, 0.3) is 0 Å². The summed E-state index contributed by atoms with van der Waals surface area (Å²) in [6.07, 6.45) is 2.52. The molecule has 0 saturated carbocycles. The summed E-state index contributed by atoms with van der Waals surface area (Å²) < 4.78 is 103. The molecule has 222 valence electrons. The van der Waals surface area contributed by atoms with Crippen LogP contribution in [0.4, 0.5) is 26.3 Å². The molecule has 5 rings (SSSR count). The number of hydrogen-bond acceptors (Lipinski definition) is 8. The third-order valence-electron chi connectivity index (χ3n) is 5.68. The zero-order chi connectivity index (χ0) is 31.7. The highest BCUT2D eigenvalue weighted by Gasteiger charge is 2.49. The minimum Gasteiger partial charge on any atom is -0.374 e. The predicted octanol–water partition coefficient (Wildman–Crippen LogP) is 6.58. The second-order valence-electron chi connectivity index (χ2n) is 8.88. The molecule has 0 aliphatic rings. The summed E-state index contributed by atoms with van der Waals surface area (Å²) in [4.78, 5) is 34.9. The molecule has 15 heteroatoms. The summed E-state index contributed by atoms with van der Waals surface area (Å²) in [5, 5.41) is 0.525. The smallest absolute Gasteiger partial charge is 0.374 e. The molecule has 0 unspecified atom stereocenters. The first-order valence-electron chi connectivity index (χ1n) is 11.9. The lowest BCUT2D eigenvalue weighted by molar-refractivity contribution is -0.0500. The number of fused-ring (bicyclic) bond motifs is 2. The average Bonchev–Trinajstić information content (AvgIpc) is 2.91. The van der Waals surface area contributed by atoms with Gasteiger partial charge in [-0.15, -0.1) is 0 Å². The second-order valence-corrected chi connectivity index (χ2v) is 10.4. The van der Waals surface area contributed by atoms with Crippen molar-refractivity contribution < 1.29 is 48.5 Å². The van der Waals surface area contributed by atoms with Gasteiger partial charge in [0.1, 0.15) is 23.1 Å². The first-order valence-corrected chi connectivity index (χ1v) is 13.3. The van der Waals surface area contributed by atoms with Crippen LogP contribution in [0.2, 0.25) is 0 Å². The molecule has 0 saturated heterocycles. The van der Waals surface area contributed by atoms with Gasteiger partial charge < -0.3 is 4.18 Å². The standard InChI is InChI=1S/C16H10F2N2O.C12H7F4NO4S/c1-9(21)16-14(11-5-13(18)8-19-7-11)6-10-4-12(17)2-3-15(10)20-16;1-6(18)11-10(21-22(19,20)12(14,15)16)5-7-4-8(13)2-3-9(7)17-11/h2-8H,1H3;2-5H,1H3. The molecule has 0 atom stereocenters. The highest BCUT2D eigenvalue weighted by Crippen LogP contribution is 2.31. The summed E-state index contributed by atoms with van der Waals surface area (Å²) in [6, 6.07) is 11.0. The van der Waals surface area contributed by atoms with Crippen molar-refractivity contribution in [2.75, 3.05) is 0 Å². The lowest BCUT2D eigenvalue weighted by Crippen LogP contribution is -2.28. The highest BCUT2D eigenvalue weighted by molar-refractivity contribution is 7.88. The largest absolute Gasteiger partial charge is 0.534 e. The third-order valence-corrected chi connectivity index (χ3v) is 6.65. The van der Waals surface area contributed by atoms with Crippen molar-refractivity contribution in [3.05, 3.63) is 95.8 Å². The van der Waals surface area contributed by atoms with E-state index >= 15 is 0 Å². The Bertz CT molecular complexity index is 2020. The van der Waals surface area contributed by atoms with Crippen LogP contribution in [0.1, 0.15) is 34.8 Å². The van der Waals surface area contributed by atoms with Crippen LogP contribution in [-0.4, -0.2) is 40.4 Å². The summed E-state index contributed by atoms with van der Waals surface area (Å²) in [6.45, 7) is 2.36. The molecule has 0 spiro atoms. The minimum atomic E-state index is -5.97. The fourth-order valence-corrected chi connectivity index (χ4v) is 4.26. The van der Waals surface area contributed by atoms with Crippen molar-refractivity contribution in [3.8, 4) is 16.9 Å². The SMILES string of the molecule is CC(=O)c1nc2ccc(F)cc2cc1-c1cncc(F)c1.CC(=O)c1nc2ccc(F)cc2cc1OS(=O)(=O)C(F)(F)F. The second kappa shape index (κ2) is 11.8. The molecule has 0 aliphatic carbocycles. The topological polar surface area (TPSA) is 116 Å². The summed E-state index contributed by atoms with van der Waals surface area (Å²) in [7, 11) is -5.97. The molecule has 0 bridgehead atoms. The number of carbonyl (C=O) groups excluding carboxylic acids is 2. The quantitative estimate of drug-likeness (QED) is 0.0935. The van der Waals surface area contributed by atoms with E-state index in [1.165, 1.54) is 43.5 Å². The van der Waals surface area contributed by atoms with Crippen molar-refractivity contribution in [2.24, 2.45) is 0 Å². The van der Waals surface area contributed by atoms with Crippen LogP contribution in [0.5, 0.6) is 5.75 Å². The molecular weight excluding hydrogens is 604 g/mol. The van der Waals surface area contributed by atoms with Crippen LogP contribution < -0.4 is 4.18 Å². The molecule has 0 amide bonds. The number of ketones is 2. The van der Waals surface area contributed by atoms with Gasteiger partial charge >= 0.3 is 15.6 Å². The van der Waals surface area contributed by atoms with Crippen LogP contribution in [0.15, 0.2) is 67.0 Å². The first-order chi connectivity index (χ1) is 20.1. The van der Waals surface area contributed by atoms with Crippen molar-refractivity contribution in [2.45, 2.75) is 19.4 Å². The fraction of sp³-hybridized carbons (Fsp3) is 0.107. The van der Waals surface area contributed by atoms with Crippen LogP contribution in [0.25, 0.3) is 32.9 Å². The molecule has 43 heavy (non-hydrogen) atoms. The Kier molecular flexibility index (Phi) is 8.48. The Morgan fingerprint density at radius 1 is 0.721 bits per heavy atom. The number of pyridine rings is 3. The van der Waals surface area contributed by atoms with Crippen molar-refractivity contribution in [3.63, 3.8) is 0 Å². The van der Waals surface area contributed by atoms with Gasteiger partial charge in [-0.05, 0) is 54.6 Å². The normalized spacial score (nSPS) is 11.6. The van der Waals surface area contributed by atoms with Gasteiger partial charge in [0, 0.05) is 41.9 Å². The van der Waals surface area contributed by atoms with E-state index in [-0.39, 0.29) is 22.4 Å². The van der Waals surface area contributed by atoms with E-state index in [0.717, 1.165) is 31.3 Å². The first kappa shape index (κ1) is 31.0. The van der Waals surface area contributed by atoms with E-state index in [1.807, 2.05) is 0 Å². The van der Waals surface area contributed by atoms with Gasteiger partial charge in [-0.3, -0.25) is 14.6 Å². The zero-order valence-corrected chi connectivity index (χ0v) is 22.7. The Balaban J connectivity index is 0.000000197. The van der Waals surface area contributed by atoms with Crippen molar-refractivity contribution in [1.82, 2.24) is 15.0 Å². The molecule has 0 radical (unpaired) electrons. The Morgan fingerprint density at radius 2 is 1.26 bits per heavy atom. The fourth-order valence-electron chi connectivity index (χ4n) is 3.80. The van der Waals surface area contributed by atoms with Crippen LogP contribution in [0, 0.1) is 17.5 Å². The van der Waals surface area contributed by atoms with Gasteiger partial charge in [0.15, 0.2) is 23.0 Å². The number of hydrogen-bond donors (Lipinski definition) is 0. The monoisotopic (exact) mass is 621 g/mol. The van der Waals surface area contributed by atoms with Gasteiger partial charge in [0.2, 0.25) is 0 Å². The van der Waals surface area contributed by atoms with Crippen LogP contribution >= 0.6 is 0 Å². The number of aromatic nitrogens is 3. The molecule has 3 heterocycles. The maximum Gasteiger partial charge on any atom is 0.534 e. The van der Waals surface area contributed by atoms with E-state index in [1.54, 1.807) is 6.07 Å². The van der Waals surface area contributed by atoms with E-state index in [2.05, 4.69) is 19.1 Å². The summed E-state index contributed by atoms with van der Waals surface area (Å²) in [5.74, 6) is -3.60. The van der Waals surface area contributed by atoms with Crippen molar-refractivity contribution >= 4 is 43.5 Å². The molecule has 8 nitrogen and oxygen atoms in total. The zero-order valence-electron chi connectivity index (χ0n) is 21.9. The van der Waals surface area contributed by atoms with E-state index in [4.69, 9.17) is 0 Å². The molecule has 3 aromatic heterocycles. The number of nitrogens with zero attached hydrogens (tertiary/aromatic N) is 3. The molecule has 0 N–H and O–H groups in total. The molecule has 5 aromatic rings. The summed E-state index contributed by atoms with van der Waals surface area (Å²) in [5.41, 5.74) is -4.59. The number of benzene rings is 2. The lowest BCUT2D eigenvalue weighted by atomic mass is 10.0. The maximum absolute atomic E-state index is 13.3. The predicted molar refractivity (Wildman–Crippen MR) is 142 cm³/mol. The minimum absolute atomic E-state index is 0.0163. The number of alkyl halides is 3. The lowest BCUT2D eigenvalue weighted by Gasteiger charge is -2.12. The van der Waals surface area contributed by atoms with E-state index < -0.39 is 50.3 Å². The molecule has 0 fully saturated rings. The Hall–Kier alpha value is -4.92. The Morgan fingerprint density at radius 3 is 1.77 bits per heavy atom. The number of carbonyl (C=O) groups is 2. The van der Waals surface area contributed by atoms with E-state index in [0.29, 0.717) is 22.0 Å².